The van der Waals surface area contributed by atoms with Crippen molar-refractivity contribution in [3.63, 3.8) is 0 Å². The minimum Gasteiger partial charge on any atom is -0.747 e. The van der Waals surface area contributed by atoms with Crippen molar-refractivity contribution in [2.75, 3.05) is 0 Å². The minimum absolute atomic E-state index is 0. The third-order valence-electron chi connectivity index (χ3n) is 6.48. The van der Waals surface area contributed by atoms with Crippen LogP contribution in [0.5, 0.6) is 0 Å². The minimum atomic E-state index is -0.622. The van der Waals surface area contributed by atoms with Gasteiger partial charge in [-0.25, -0.2) is 20.1 Å². The van der Waals surface area contributed by atoms with Gasteiger partial charge in [0.15, 0.2) is 0 Å². The van der Waals surface area contributed by atoms with Gasteiger partial charge in [0.05, 0.1) is 0 Å². The molecule has 0 heterocycles. The average Bonchev–Trinajstić information content (AvgIpc) is 3.70. The summed E-state index contributed by atoms with van der Waals surface area (Å²) in [6, 6.07) is 57.6. The monoisotopic (exact) mass is 598 g/mol. The molecule has 0 radical (unpaired) electrons. The smallest absolute Gasteiger partial charge is 0.0328 e. The van der Waals surface area contributed by atoms with Crippen LogP contribution in [0.1, 0.15) is 18.6 Å². The van der Waals surface area contributed by atoms with Crippen LogP contribution in [0.3, 0.4) is 0 Å². The Morgan fingerprint density at radius 2 is 0.975 bits per heavy atom. The summed E-state index contributed by atoms with van der Waals surface area (Å²) in [5.74, 6) is 0. The van der Waals surface area contributed by atoms with Gasteiger partial charge in [-0.1, -0.05) is 132 Å². The summed E-state index contributed by atoms with van der Waals surface area (Å²) < 4.78 is 0. The van der Waals surface area contributed by atoms with E-state index in [4.69, 9.17) is 0 Å². The predicted molar refractivity (Wildman–Crippen MR) is 172 cm³/mol. The molecule has 0 unspecified atom stereocenters. The van der Waals surface area contributed by atoms with Crippen LogP contribution >= 0.6 is 15.8 Å². The van der Waals surface area contributed by atoms with Crippen LogP contribution in [0.15, 0.2) is 164 Å². The van der Waals surface area contributed by atoms with Gasteiger partial charge in [0.2, 0.25) is 0 Å². The van der Waals surface area contributed by atoms with Crippen molar-refractivity contribution in [3.8, 4) is 0 Å². The SMILES string of the molecule is C[C@H](O)[c-]1cccc1P(c1ccccc1)c1ccccc1.[Fe].c1ccc(P(c2ccccc2)[c-]2[cH-][cH-][cH-][cH-]2)cc1. The first kappa shape index (κ1) is 29.9. The maximum atomic E-state index is 10.0. The van der Waals surface area contributed by atoms with Gasteiger partial charge in [-0.2, -0.15) is 6.07 Å². The fourth-order valence-corrected chi connectivity index (χ4v) is 9.53. The first-order valence-electron chi connectivity index (χ1n) is 13.2. The summed E-state index contributed by atoms with van der Waals surface area (Å²) in [6.07, 6.45) is -0.438. The molecule has 40 heavy (non-hydrogen) atoms. The van der Waals surface area contributed by atoms with E-state index in [1.165, 1.54) is 31.8 Å². The molecule has 0 aromatic heterocycles. The van der Waals surface area contributed by atoms with E-state index in [0.29, 0.717) is 0 Å². The summed E-state index contributed by atoms with van der Waals surface area (Å²) in [5, 5.41) is 18.2. The normalized spacial score (nSPS) is 11.4. The molecule has 0 spiro atoms. The fourth-order valence-electron chi connectivity index (χ4n) is 4.68. The van der Waals surface area contributed by atoms with E-state index in [0.717, 1.165) is 5.56 Å². The summed E-state index contributed by atoms with van der Waals surface area (Å²) in [7, 11) is -1.03. The second-order valence-corrected chi connectivity index (χ2v) is 13.6. The second-order valence-electron chi connectivity index (χ2n) is 9.20. The van der Waals surface area contributed by atoms with Crippen LogP contribution in [0, 0.1) is 0 Å². The molecule has 1 nitrogen and oxygen atoms in total. The maximum absolute atomic E-state index is 10.0. The zero-order valence-corrected chi connectivity index (χ0v) is 25.3. The average molecular weight is 598 g/mol. The van der Waals surface area contributed by atoms with Crippen LogP contribution in [0.4, 0.5) is 0 Å². The van der Waals surface area contributed by atoms with Gasteiger partial charge in [-0.15, -0.1) is 10.9 Å². The molecule has 0 aliphatic rings. The first-order chi connectivity index (χ1) is 19.2. The Morgan fingerprint density at radius 1 is 0.575 bits per heavy atom. The number of hydrogen-bond acceptors (Lipinski definition) is 1. The molecule has 0 aliphatic heterocycles. The molecule has 4 heteroatoms. The van der Waals surface area contributed by atoms with Crippen molar-refractivity contribution in [1.82, 2.24) is 0 Å². The van der Waals surface area contributed by atoms with E-state index < -0.39 is 21.9 Å². The third-order valence-corrected chi connectivity index (χ3v) is 11.4. The van der Waals surface area contributed by atoms with Crippen molar-refractivity contribution in [2.24, 2.45) is 0 Å². The zero-order chi connectivity index (χ0) is 26.9. The molecule has 0 aliphatic carbocycles. The van der Waals surface area contributed by atoms with Gasteiger partial charge in [0.25, 0.3) is 0 Å². The number of benzene rings is 4. The number of aliphatic hydroxyl groups is 1. The second kappa shape index (κ2) is 15.1. The van der Waals surface area contributed by atoms with E-state index in [2.05, 4.69) is 140 Å². The van der Waals surface area contributed by atoms with Gasteiger partial charge < -0.3 is 34.7 Å². The van der Waals surface area contributed by atoms with E-state index in [9.17, 15) is 5.11 Å². The topological polar surface area (TPSA) is 20.2 Å². The predicted octanol–water partition coefficient (Wildman–Crippen LogP) is 6.38. The van der Waals surface area contributed by atoms with Crippen molar-refractivity contribution < 1.29 is 22.2 Å². The van der Waals surface area contributed by atoms with E-state index >= 15 is 0 Å². The standard InChI is InChI=1S/C19H18OP.C17H14P.Fe/c1-15(20)18-13-8-14-19(18)21(16-9-4-2-5-10-16)17-11-6-3-7-12-17;1-3-9-15(10-4-1)18(17-13-7-8-14-17)16-11-5-2-6-12-16;/h2-15,20H,1H3;1-14H;/q-1;-5;/t15-;;/m0../s1. The quantitative estimate of drug-likeness (QED) is 0.129. The van der Waals surface area contributed by atoms with Crippen molar-refractivity contribution in [2.45, 2.75) is 13.0 Å². The number of aliphatic hydroxyl groups excluding tert-OH is 1. The molecule has 0 bridgehead atoms. The van der Waals surface area contributed by atoms with E-state index in [1.54, 1.807) is 0 Å². The molecule has 0 fully saturated rings. The van der Waals surface area contributed by atoms with Crippen molar-refractivity contribution >= 4 is 47.7 Å². The molecule has 0 saturated carbocycles. The Labute approximate surface area is 251 Å². The molecule has 1 N–H and O–H groups in total. The van der Waals surface area contributed by atoms with Crippen LogP contribution in [0.2, 0.25) is 0 Å². The largest absolute Gasteiger partial charge is 0.747 e. The summed E-state index contributed by atoms with van der Waals surface area (Å²) in [5.41, 5.74) is 1.04. The van der Waals surface area contributed by atoms with Crippen LogP contribution in [-0.2, 0) is 17.1 Å². The molecule has 6 aromatic rings. The first-order valence-corrected chi connectivity index (χ1v) is 15.9. The Morgan fingerprint density at radius 3 is 1.38 bits per heavy atom. The van der Waals surface area contributed by atoms with Crippen molar-refractivity contribution in [3.05, 3.63) is 169 Å². The molecule has 206 valence electrons. The molecular weight excluding hydrogens is 566 g/mol. The van der Waals surface area contributed by atoms with Crippen LogP contribution in [0.25, 0.3) is 0 Å². The molecule has 6 rings (SSSR count). The van der Waals surface area contributed by atoms with E-state index in [-0.39, 0.29) is 17.1 Å². The molecular formula is C36H32FeOP2-6. The number of rotatable bonds is 7. The zero-order valence-electron chi connectivity index (χ0n) is 22.4. The van der Waals surface area contributed by atoms with Gasteiger partial charge in [0.1, 0.15) is 0 Å². The summed E-state index contributed by atoms with van der Waals surface area (Å²) >= 11 is 0. The van der Waals surface area contributed by atoms with Gasteiger partial charge in [-0.05, 0) is 25.5 Å². The maximum Gasteiger partial charge on any atom is 0.0328 e. The Hall–Kier alpha value is -3.08. The van der Waals surface area contributed by atoms with Gasteiger partial charge in [0, 0.05) is 23.2 Å². The van der Waals surface area contributed by atoms with Gasteiger partial charge in [-0.3, -0.25) is 0 Å². The number of hydrogen-bond donors (Lipinski definition) is 1. The van der Waals surface area contributed by atoms with Crippen LogP contribution < -0.4 is 31.8 Å². The molecule has 0 amide bonds. The van der Waals surface area contributed by atoms with Crippen LogP contribution in [-0.4, -0.2) is 5.11 Å². The molecule has 6 aromatic carbocycles. The summed E-state index contributed by atoms with van der Waals surface area (Å²) in [4.78, 5) is 0. The Kier molecular flexibility index (Phi) is 11.3. The molecule has 0 saturated heterocycles. The Bertz CT molecular complexity index is 1430. The summed E-state index contributed by atoms with van der Waals surface area (Å²) in [6.45, 7) is 1.84. The third kappa shape index (κ3) is 7.35. The fraction of sp³-hybridized carbons (Fsp3) is 0.0556. The van der Waals surface area contributed by atoms with E-state index in [1.807, 2.05) is 31.2 Å². The van der Waals surface area contributed by atoms with Gasteiger partial charge >= 0.3 is 0 Å². The Balaban J connectivity index is 0.000000182. The van der Waals surface area contributed by atoms with Crippen molar-refractivity contribution in [1.29, 1.82) is 0 Å². The molecule has 1 atom stereocenters.